The van der Waals surface area contributed by atoms with Crippen molar-refractivity contribution < 1.29 is 14.4 Å². The number of hydrogen-bond donors (Lipinski definition) is 1. The molecular weight excluding hydrogens is 220 g/mol. The maximum Gasteiger partial charge on any atom is 0.293 e. The highest BCUT2D eigenvalue weighted by Gasteiger charge is 2.16. The van der Waals surface area contributed by atoms with Crippen LogP contribution in [0.3, 0.4) is 0 Å². The standard InChI is InChI=1S/C12H16N2O3/c1-9-3-2-4-11(13-9)12(15)14-17-10-5-7-16-8-6-10/h2-4,10H,5-8H2,1H3,(H,14,15). The van der Waals surface area contributed by atoms with Crippen LogP contribution < -0.4 is 5.48 Å². The number of aryl methyl sites for hydroxylation is 1. The van der Waals surface area contributed by atoms with Crippen LogP contribution in [0.5, 0.6) is 0 Å². The van der Waals surface area contributed by atoms with Gasteiger partial charge in [0.15, 0.2) is 0 Å². The molecule has 1 saturated heterocycles. The normalized spacial score (nSPS) is 16.8. The molecule has 1 aliphatic rings. The fourth-order valence-electron chi connectivity index (χ4n) is 1.65. The SMILES string of the molecule is Cc1cccc(C(=O)NOC2CCOCC2)n1. The van der Waals surface area contributed by atoms with Gasteiger partial charge < -0.3 is 4.74 Å². The van der Waals surface area contributed by atoms with E-state index in [0.29, 0.717) is 18.9 Å². The molecule has 0 radical (unpaired) electrons. The van der Waals surface area contributed by atoms with Crippen LogP contribution in [0, 0.1) is 6.92 Å². The summed E-state index contributed by atoms with van der Waals surface area (Å²) in [6.45, 7) is 3.21. The van der Waals surface area contributed by atoms with E-state index >= 15 is 0 Å². The van der Waals surface area contributed by atoms with Gasteiger partial charge in [-0.15, -0.1) is 0 Å². The van der Waals surface area contributed by atoms with Crippen LogP contribution in [0.1, 0.15) is 29.0 Å². The molecule has 0 aromatic carbocycles. The molecule has 1 aromatic rings. The minimum absolute atomic E-state index is 0.0394. The van der Waals surface area contributed by atoms with Crippen molar-refractivity contribution in [3.63, 3.8) is 0 Å². The van der Waals surface area contributed by atoms with Crippen LogP contribution in [-0.4, -0.2) is 30.2 Å². The topological polar surface area (TPSA) is 60.5 Å². The first kappa shape index (κ1) is 12.0. The molecule has 0 bridgehead atoms. The van der Waals surface area contributed by atoms with Gasteiger partial charge in [-0.05, 0) is 31.9 Å². The van der Waals surface area contributed by atoms with Crippen LogP contribution in [0.2, 0.25) is 0 Å². The van der Waals surface area contributed by atoms with Gasteiger partial charge in [-0.3, -0.25) is 9.63 Å². The maximum absolute atomic E-state index is 11.7. The second-order valence-electron chi connectivity index (χ2n) is 4.02. The highest BCUT2D eigenvalue weighted by molar-refractivity contribution is 5.91. The number of carbonyl (C=O) groups excluding carboxylic acids is 1. The molecule has 1 aliphatic heterocycles. The van der Waals surface area contributed by atoms with Crippen LogP contribution in [-0.2, 0) is 9.57 Å². The quantitative estimate of drug-likeness (QED) is 0.802. The summed E-state index contributed by atoms with van der Waals surface area (Å²) in [6, 6.07) is 5.30. The van der Waals surface area contributed by atoms with Crippen LogP contribution in [0.4, 0.5) is 0 Å². The number of aromatic nitrogens is 1. The largest absolute Gasteiger partial charge is 0.381 e. The smallest absolute Gasteiger partial charge is 0.293 e. The number of pyridine rings is 1. The third kappa shape index (κ3) is 3.51. The van der Waals surface area contributed by atoms with Crippen molar-refractivity contribution in [2.75, 3.05) is 13.2 Å². The van der Waals surface area contributed by atoms with Gasteiger partial charge in [-0.1, -0.05) is 6.07 Å². The summed E-state index contributed by atoms with van der Waals surface area (Å²) in [7, 11) is 0. The molecule has 1 aromatic heterocycles. The van der Waals surface area contributed by atoms with E-state index in [4.69, 9.17) is 9.57 Å². The summed E-state index contributed by atoms with van der Waals surface area (Å²) in [6.07, 6.45) is 1.65. The summed E-state index contributed by atoms with van der Waals surface area (Å²) in [5.74, 6) is -0.305. The predicted molar refractivity (Wildman–Crippen MR) is 61.4 cm³/mol. The highest BCUT2D eigenvalue weighted by atomic mass is 16.7. The molecule has 1 N–H and O–H groups in total. The minimum atomic E-state index is -0.305. The van der Waals surface area contributed by atoms with E-state index in [1.165, 1.54) is 0 Å². The lowest BCUT2D eigenvalue weighted by atomic mass is 10.2. The molecule has 2 rings (SSSR count). The second-order valence-corrected chi connectivity index (χ2v) is 4.02. The lowest BCUT2D eigenvalue weighted by Crippen LogP contribution is -2.33. The summed E-state index contributed by atoms with van der Waals surface area (Å²) in [4.78, 5) is 21.1. The van der Waals surface area contributed by atoms with Gasteiger partial charge in [0.05, 0.1) is 6.10 Å². The zero-order chi connectivity index (χ0) is 12.1. The van der Waals surface area contributed by atoms with Crippen molar-refractivity contribution >= 4 is 5.91 Å². The summed E-state index contributed by atoms with van der Waals surface area (Å²) < 4.78 is 5.20. The molecule has 1 amide bonds. The first-order chi connectivity index (χ1) is 8.25. The number of ether oxygens (including phenoxy) is 1. The Morgan fingerprint density at radius 1 is 1.47 bits per heavy atom. The number of amides is 1. The van der Waals surface area contributed by atoms with Crippen molar-refractivity contribution in [3.05, 3.63) is 29.6 Å². The molecule has 0 unspecified atom stereocenters. The molecule has 0 aliphatic carbocycles. The zero-order valence-corrected chi connectivity index (χ0v) is 9.81. The Morgan fingerprint density at radius 2 is 2.24 bits per heavy atom. The zero-order valence-electron chi connectivity index (χ0n) is 9.81. The van der Waals surface area contributed by atoms with Crippen LogP contribution in [0.25, 0.3) is 0 Å². The van der Waals surface area contributed by atoms with Crippen molar-refractivity contribution in [2.24, 2.45) is 0 Å². The Hall–Kier alpha value is -1.46. The molecule has 0 saturated carbocycles. The Morgan fingerprint density at radius 3 is 2.94 bits per heavy atom. The van der Waals surface area contributed by atoms with Gasteiger partial charge in [0, 0.05) is 18.9 Å². The van der Waals surface area contributed by atoms with E-state index in [2.05, 4.69) is 10.5 Å². The first-order valence-corrected chi connectivity index (χ1v) is 5.73. The maximum atomic E-state index is 11.7. The first-order valence-electron chi connectivity index (χ1n) is 5.73. The van der Waals surface area contributed by atoms with Crippen molar-refractivity contribution in [2.45, 2.75) is 25.9 Å². The van der Waals surface area contributed by atoms with Gasteiger partial charge in [0.1, 0.15) is 5.69 Å². The number of nitrogens with one attached hydrogen (secondary N) is 1. The monoisotopic (exact) mass is 236 g/mol. The minimum Gasteiger partial charge on any atom is -0.381 e. The lowest BCUT2D eigenvalue weighted by molar-refractivity contribution is -0.0674. The van der Waals surface area contributed by atoms with Crippen molar-refractivity contribution in [3.8, 4) is 0 Å². The summed E-state index contributed by atoms with van der Waals surface area (Å²) >= 11 is 0. The van der Waals surface area contributed by atoms with Gasteiger partial charge in [-0.2, -0.15) is 0 Å². The van der Waals surface area contributed by atoms with E-state index in [-0.39, 0.29) is 12.0 Å². The average molecular weight is 236 g/mol. The molecule has 1 fully saturated rings. The fraction of sp³-hybridized carbons (Fsp3) is 0.500. The Labute approximate surface area is 100 Å². The van der Waals surface area contributed by atoms with Gasteiger partial charge in [0.2, 0.25) is 0 Å². The Kier molecular flexibility index (Phi) is 4.06. The van der Waals surface area contributed by atoms with Gasteiger partial charge >= 0.3 is 0 Å². The van der Waals surface area contributed by atoms with E-state index in [0.717, 1.165) is 18.5 Å². The van der Waals surface area contributed by atoms with E-state index in [9.17, 15) is 4.79 Å². The summed E-state index contributed by atoms with van der Waals surface area (Å²) in [5, 5.41) is 0. The molecule has 0 atom stereocenters. The molecule has 2 heterocycles. The van der Waals surface area contributed by atoms with Crippen LogP contribution >= 0.6 is 0 Å². The van der Waals surface area contributed by atoms with Gasteiger partial charge in [0.25, 0.3) is 5.91 Å². The van der Waals surface area contributed by atoms with E-state index in [1.54, 1.807) is 12.1 Å². The molecule has 0 spiro atoms. The van der Waals surface area contributed by atoms with Gasteiger partial charge in [-0.25, -0.2) is 10.5 Å². The number of rotatable bonds is 3. The van der Waals surface area contributed by atoms with E-state index in [1.807, 2.05) is 13.0 Å². The summed E-state index contributed by atoms with van der Waals surface area (Å²) in [5.41, 5.74) is 3.62. The van der Waals surface area contributed by atoms with Crippen molar-refractivity contribution in [1.29, 1.82) is 0 Å². The number of hydrogen-bond acceptors (Lipinski definition) is 4. The van der Waals surface area contributed by atoms with Crippen LogP contribution in [0.15, 0.2) is 18.2 Å². The second kappa shape index (κ2) is 5.75. The molecule has 5 heteroatoms. The fourth-order valence-corrected chi connectivity index (χ4v) is 1.65. The predicted octanol–water partition coefficient (Wildman–Crippen LogP) is 1.23. The Bertz CT molecular complexity index is 389. The lowest BCUT2D eigenvalue weighted by Gasteiger charge is -2.21. The Balaban J connectivity index is 1.84. The molecule has 5 nitrogen and oxygen atoms in total. The average Bonchev–Trinajstić information content (AvgIpc) is 2.37. The molecule has 17 heavy (non-hydrogen) atoms. The third-order valence-corrected chi connectivity index (χ3v) is 2.61. The molecule has 92 valence electrons. The number of nitrogens with zero attached hydrogens (tertiary/aromatic N) is 1. The van der Waals surface area contributed by atoms with E-state index < -0.39 is 0 Å². The third-order valence-electron chi connectivity index (χ3n) is 2.61. The number of hydroxylamine groups is 1. The highest BCUT2D eigenvalue weighted by Crippen LogP contribution is 2.09. The molecular formula is C12H16N2O3. The van der Waals surface area contributed by atoms with Crippen molar-refractivity contribution in [1.82, 2.24) is 10.5 Å². The number of carbonyl (C=O) groups is 1.